The lowest BCUT2D eigenvalue weighted by Crippen LogP contribution is -2.60. The molecule has 0 bridgehead atoms. The maximum Gasteiger partial charge on any atom is 0.313 e. The zero-order chi connectivity index (χ0) is 29.5. The topological polar surface area (TPSA) is 99.6 Å². The number of hydrogen-bond acceptors (Lipinski definition) is 7. The van der Waals surface area contributed by atoms with Gasteiger partial charge in [-0.1, -0.05) is 45.4 Å². The fourth-order valence-electron chi connectivity index (χ4n) is 7.37. The number of likely N-dealkylation sites (tertiary alicyclic amines) is 1. The number of fused-ring (bicyclic) bond motifs is 2. The van der Waals surface area contributed by atoms with Crippen molar-refractivity contribution in [3.63, 3.8) is 0 Å². The van der Waals surface area contributed by atoms with E-state index in [1.807, 2.05) is 63.3 Å². The first-order valence-corrected chi connectivity index (χ1v) is 15.0. The average molecular weight is 566 g/mol. The molecule has 1 aromatic rings. The Morgan fingerprint density at radius 2 is 1.71 bits per heavy atom. The summed E-state index contributed by atoms with van der Waals surface area (Å²) < 4.78 is 12.4. The SMILES string of the molecule is CC[C@H](C)[C@H](CO)N1C(=O)[C@@H]2[C@@H]3C(=O)OCC=C[C@]3(CC)O[C@@]23C=CCN(c2ccc(N(CC)CC)cc2)C(=O)C13. The number of nitrogens with zero attached hydrogens (tertiary/aromatic N) is 3. The third-order valence-corrected chi connectivity index (χ3v) is 9.77. The summed E-state index contributed by atoms with van der Waals surface area (Å²) >= 11 is 0. The highest BCUT2D eigenvalue weighted by molar-refractivity contribution is 6.06. The number of carbonyl (C=O) groups is 3. The molecule has 2 amide bonds. The van der Waals surface area contributed by atoms with Gasteiger partial charge in [0.05, 0.1) is 18.6 Å². The molecule has 9 heteroatoms. The van der Waals surface area contributed by atoms with Gasteiger partial charge in [-0.3, -0.25) is 14.4 Å². The van der Waals surface area contributed by atoms with E-state index < -0.39 is 41.1 Å². The molecule has 9 nitrogen and oxygen atoms in total. The second-order valence-corrected chi connectivity index (χ2v) is 11.6. The number of esters is 1. The lowest BCUT2D eigenvalue weighted by molar-refractivity contribution is -0.159. The molecule has 1 unspecified atom stereocenters. The minimum Gasteiger partial charge on any atom is -0.461 e. The molecule has 41 heavy (non-hydrogen) atoms. The summed E-state index contributed by atoms with van der Waals surface area (Å²) in [4.78, 5) is 48.1. The van der Waals surface area contributed by atoms with E-state index in [2.05, 4.69) is 18.7 Å². The van der Waals surface area contributed by atoms with Crippen molar-refractivity contribution < 1.29 is 29.0 Å². The smallest absolute Gasteiger partial charge is 0.313 e. The Balaban J connectivity index is 1.64. The van der Waals surface area contributed by atoms with Crippen LogP contribution in [0.5, 0.6) is 0 Å². The van der Waals surface area contributed by atoms with Crippen molar-refractivity contribution in [1.29, 1.82) is 0 Å². The second kappa shape index (κ2) is 11.2. The largest absolute Gasteiger partial charge is 0.461 e. The molecule has 4 heterocycles. The minimum absolute atomic E-state index is 0.0847. The van der Waals surface area contributed by atoms with Gasteiger partial charge >= 0.3 is 5.97 Å². The van der Waals surface area contributed by atoms with Gasteiger partial charge in [-0.15, -0.1) is 0 Å². The van der Waals surface area contributed by atoms with Gasteiger partial charge in [-0.05, 0) is 56.5 Å². The van der Waals surface area contributed by atoms with Crippen LogP contribution < -0.4 is 9.80 Å². The van der Waals surface area contributed by atoms with Crippen LogP contribution in [0.4, 0.5) is 11.4 Å². The fraction of sp³-hybridized carbons (Fsp3) is 0.594. The molecule has 0 aromatic heterocycles. The van der Waals surface area contributed by atoms with Crippen molar-refractivity contribution in [3.8, 4) is 0 Å². The first-order chi connectivity index (χ1) is 19.7. The third-order valence-electron chi connectivity index (χ3n) is 9.77. The van der Waals surface area contributed by atoms with E-state index in [0.29, 0.717) is 18.5 Å². The molecule has 1 aromatic carbocycles. The summed E-state index contributed by atoms with van der Waals surface area (Å²) in [7, 11) is 0. The molecule has 4 aliphatic rings. The summed E-state index contributed by atoms with van der Waals surface area (Å²) in [6.45, 7) is 11.9. The summed E-state index contributed by atoms with van der Waals surface area (Å²) in [5.41, 5.74) is -0.678. The van der Waals surface area contributed by atoms with Gasteiger partial charge in [0.25, 0.3) is 5.91 Å². The molecular weight excluding hydrogens is 522 g/mol. The maximum atomic E-state index is 14.7. The Labute approximate surface area is 242 Å². The number of aliphatic hydroxyl groups excluding tert-OH is 1. The number of cyclic esters (lactones) is 1. The van der Waals surface area contributed by atoms with Crippen molar-refractivity contribution >= 4 is 29.2 Å². The number of amides is 2. The normalized spacial score (nSPS) is 32.1. The van der Waals surface area contributed by atoms with Crippen LogP contribution in [0.3, 0.4) is 0 Å². The molecule has 1 N–H and O–H groups in total. The van der Waals surface area contributed by atoms with Crippen molar-refractivity contribution in [2.45, 2.75) is 70.7 Å². The number of anilines is 2. The Morgan fingerprint density at radius 3 is 2.32 bits per heavy atom. The van der Waals surface area contributed by atoms with Gasteiger partial charge in [-0.25, -0.2) is 0 Å². The summed E-state index contributed by atoms with van der Waals surface area (Å²) in [5, 5.41) is 10.6. The zero-order valence-corrected chi connectivity index (χ0v) is 24.8. The predicted molar refractivity (Wildman–Crippen MR) is 156 cm³/mol. The molecule has 0 radical (unpaired) electrons. The number of ether oxygens (including phenoxy) is 2. The first-order valence-electron chi connectivity index (χ1n) is 15.0. The van der Waals surface area contributed by atoms with Gasteiger partial charge in [0.15, 0.2) is 0 Å². The number of benzene rings is 1. The van der Waals surface area contributed by atoms with Crippen LogP contribution in [0.25, 0.3) is 0 Å². The molecular formula is C32H43N3O6. The highest BCUT2D eigenvalue weighted by Crippen LogP contribution is 2.59. The lowest BCUT2D eigenvalue weighted by atomic mass is 9.73. The Morgan fingerprint density at radius 1 is 1.00 bits per heavy atom. The van der Waals surface area contributed by atoms with E-state index in [1.165, 1.54) is 4.90 Å². The molecule has 2 saturated heterocycles. The van der Waals surface area contributed by atoms with E-state index in [-0.39, 0.29) is 37.5 Å². The molecule has 1 spiro atoms. The predicted octanol–water partition coefficient (Wildman–Crippen LogP) is 3.32. The van der Waals surface area contributed by atoms with Gasteiger partial charge in [0.1, 0.15) is 29.8 Å². The van der Waals surface area contributed by atoms with Gasteiger partial charge in [-0.2, -0.15) is 0 Å². The number of aliphatic hydroxyl groups is 1. The molecule has 0 aliphatic carbocycles. The van der Waals surface area contributed by atoms with Crippen LogP contribution in [0.1, 0.15) is 47.5 Å². The summed E-state index contributed by atoms with van der Waals surface area (Å²) in [6.07, 6.45) is 8.46. The quantitative estimate of drug-likeness (QED) is 0.362. The maximum absolute atomic E-state index is 14.7. The molecule has 5 rings (SSSR count). The summed E-state index contributed by atoms with van der Waals surface area (Å²) in [6, 6.07) is 6.21. The molecule has 4 aliphatic heterocycles. The van der Waals surface area contributed by atoms with E-state index in [1.54, 1.807) is 11.0 Å². The standard InChI is InChI=1S/C32H43N3O6/c1-6-21(5)24(20-36)35-27-29(38)34(23-14-12-22(13-15-23)33(8-3)9-4)18-10-17-32(27)25(28(35)37)26-30(39)40-19-11-16-31(26,7-2)41-32/h10-17,21,24-27,36H,6-9,18-20H2,1-5H3/t21-,24-,25-,26+,27?,31-,32-/m0/s1. The number of carbonyl (C=O) groups excluding carboxylic acids is 3. The van der Waals surface area contributed by atoms with Gasteiger partial charge in [0, 0.05) is 31.0 Å². The van der Waals surface area contributed by atoms with E-state index in [0.717, 1.165) is 18.8 Å². The van der Waals surface area contributed by atoms with Crippen LogP contribution in [-0.4, -0.2) is 83.9 Å². The second-order valence-electron chi connectivity index (χ2n) is 11.6. The monoisotopic (exact) mass is 565 g/mol. The zero-order valence-electron chi connectivity index (χ0n) is 24.8. The lowest BCUT2D eigenvalue weighted by Gasteiger charge is -2.42. The number of rotatable bonds is 9. The molecule has 2 fully saturated rings. The molecule has 222 valence electrons. The third kappa shape index (κ3) is 4.39. The van der Waals surface area contributed by atoms with Crippen LogP contribution in [-0.2, 0) is 23.9 Å². The Hall–Kier alpha value is -3.17. The highest BCUT2D eigenvalue weighted by atomic mass is 16.6. The van der Waals surface area contributed by atoms with Crippen LogP contribution in [0.15, 0.2) is 48.6 Å². The molecule has 7 atom stereocenters. The Kier molecular flexibility index (Phi) is 8.05. The van der Waals surface area contributed by atoms with Gasteiger partial charge < -0.3 is 29.3 Å². The highest BCUT2D eigenvalue weighted by Gasteiger charge is 2.76. The van der Waals surface area contributed by atoms with Gasteiger partial charge in [0.2, 0.25) is 5.91 Å². The van der Waals surface area contributed by atoms with Crippen molar-refractivity contribution in [3.05, 3.63) is 48.6 Å². The van der Waals surface area contributed by atoms with Crippen LogP contribution in [0.2, 0.25) is 0 Å². The van der Waals surface area contributed by atoms with E-state index >= 15 is 0 Å². The molecule has 0 saturated carbocycles. The average Bonchev–Trinajstić information content (AvgIpc) is 3.26. The minimum atomic E-state index is -1.38. The van der Waals surface area contributed by atoms with Crippen molar-refractivity contribution in [2.24, 2.45) is 17.8 Å². The fourth-order valence-corrected chi connectivity index (χ4v) is 7.37. The van der Waals surface area contributed by atoms with Crippen LogP contribution >= 0.6 is 0 Å². The van der Waals surface area contributed by atoms with E-state index in [9.17, 15) is 19.5 Å². The number of hydrogen-bond donors (Lipinski definition) is 1. The van der Waals surface area contributed by atoms with E-state index in [4.69, 9.17) is 9.47 Å². The van der Waals surface area contributed by atoms with Crippen molar-refractivity contribution in [1.82, 2.24) is 4.90 Å². The van der Waals surface area contributed by atoms with Crippen LogP contribution in [0, 0.1) is 17.8 Å². The van der Waals surface area contributed by atoms with Crippen molar-refractivity contribution in [2.75, 3.05) is 42.6 Å². The first kappa shape index (κ1) is 29.3. The summed E-state index contributed by atoms with van der Waals surface area (Å²) in [5.74, 6) is -3.07. The Bertz CT molecular complexity index is 1230.